The standard InChI is InChI=1S/C10H14N2S/c11-8-13-9-12-7-6-10-4-2-1-3-5-10/h1-5,8,11-12H,6-7,9H2. The molecule has 1 aromatic rings. The molecule has 70 valence electrons. The fourth-order valence-electron chi connectivity index (χ4n) is 1.05. The van der Waals surface area contributed by atoms with Crippen LogP contribution in [0.3, 0.4) is 0 Å². The molecule has 0 saturated carbocycles. The molecule has 0 amide bonds. The molecule has 0 aliphatic heterocycles. The molecule has 0 radical (unpaired) electrons. The van der Waals surface area contributed by atoms with Gasteiger partial charge in [0.25, 0.3) is 0 Å². The second-order valence-corrected chi connectivity index (χ2v) is 3.52. The lowest BCUT2D eigenvalue weighted by molar-refractivity contribution is 0.776. The molecule has 0 saturated heterocycles. The van der Waals surface area contributed by atoms with Gasteiger partial charge in [-0.25, -0.2) is 0 Å². The maximum atomic E-state index is 6.80. The summed E-state index contributed by atoms with van der Waals surface area (Å²) in [5.41, 5.74) is 2.71. The molecule has 0 aliphatic rings. The normalized spacial score (nSPS) is 9.85. The van der Waals surface area contributed by atoms with E-state index < -0.39 is 0 Å². The van der Waals surface area contributed by atoms with Crippen LogP contribution < -0.4 is 5.32 Å². The van der Waals surface area contributed by atoms with E-state index >= 15 is 0 Å². The van der Waals surface area contributed by atoms with E-state index in [1.807, 2.05) is 6.07 Å². The van der Waals surface area contributed by atoms with E-state index in [9.17, 15) is 0 Å². The van der Waals surface area contributed by atoms with Crippen molar-refractivity contribution in [3.05, 3.63) is 35.9 Å². The maximum Gasteiger partial charge on any atom is 0.0519 e. The van der Waals surface area contributed by atoms with Crippen molar-refractivity contribution in [2.45, 2.75) is 6.42 Å². The van der Waals surface area contributed by atoms with E-state index in [1.165, 1.54) is 22.9 Å². The lowest BCUT2D eigenvalue weighted by atomic mass is 10.2. The van der Waals surface area contributed by atoms with Gasteiger partial charge in [-0.2, -0.15) is 0 Å². The molecule has 0 spiro atoms. The highest BCUT2D eigenvalue weighted by Gasteiger charge is 1.90. The summed E-state index contributed by atoms with van der Waals surface area (Å²) in [4.78, 5) is 0. The first-order valence-corrected chi connectivity index (χ1v) is 5.33. The monoisotopic (exact) mass is 194 g/mol. The predicted octanol–water partition coefficient (Wildman–Crippen LogP) is 2.12. The van der Waals surface area contributed by atoms with E-state index in [4.69, 9.17) is 5.41 Å². The number of rotatable bonds is 6. The van der Waals surface area contributed by atoms with Crippen LogP contribution >= 0.6 is 11.8 Å². The molecule has 0 bridgehead atoms. The summed E-state index contributed by atoms with van der Waals surface area (Å²) >= 11 is 1.47. The minimum Gasteiger partial charge on any atom is -0.307 e. The van der Waals surface area contributed by atoms with E-state index in [1.54, 1.807) is 0 Å². The molecule has 0 aromatic heterocycles. The Bertz CT molecular complexity index is 236. The van der Waals surface area contributed by atoms with Gasteiger partial charge >= 0.3 is 0 Å². The van der Waals surface area contributed by atoms with Crippen LogP contribution in [0.4, 0.5) is 0 Å². The van der Waals surface area contributed by atoms with Gasteiger partial charge in [-0.15, -0.1) is 0 Å². The third-order valence-electron chi connectivity index (χ3n) is 1.70. The maximum absolute atomic E-state index is 6.80. The molecule has 0 fully saturated rings. The third kappa shape index (κ3) is 4.70. The highest BCUT2D eigenvalue weighted by molar-refractivity contribution is 8.11. The Morgan fingerprint density at radius 2 is 2.08 bits per heavy atom. The fraction of sp³-hybridized carbons (Fsp3) is 0.300. The Hall–Kier alpha value is -0.800. The number of nitrogens with one attached hydrogen (secondary N) is 2. The largest absolute Gasteiger partial charge is 0.307 e. The van der Waals surface area contributed by atoms with Crippen molar-refractivity contribution >= 4 is 17.3 Å². The summed E-state index contributed by atoms with van der Waals surface area (Å²) in [7, 11) is 0. The Kier molecular flexibility index (Phi) is 5.29. The van der Waals surface area contributed by atoms with E-state index in [0.29, 0.717) is 0 Å². The van der Waals surface area contributed by atoms with Crippen LogP contribution in [0.15, 0.2) is 30.3 Å². The molecule has 1 aromatic carbocycles. The van der Waals surface area contributed by atoms with Gasteiger partial charge < -0.3 is 10.7 Å². The highest BCUT2D eigenvalue weighted by atomic mass is 32.2. The van der Waals surface area contributed by atoms with E-state index in [-0.39, 0.29) is 0 Å². The fourth-order valence-corrected chi connectivity index (χ4v) is 1.40. The van der Waals surface area contributed by atoms with E-state index in [2.05, 4.69) is 29.6 Å². The number of hydrogen-bond acceptors (Lipinski definition) is 3. The van der Waals surface area contributed by atoms with Gasteiger partial charge in [0, 0.05) is 5.88 Å². The van der Waals surface area contributed by atoms with Crippen molar-refractivity contribution in [3.8, 4) is 0 Å². The first-order valence-electron chi connectivity index (χ1n) is 4.28. The molecular formula is C10H14N2S. The van der Waals surface area contributed by atoms with Gasteiger partial charge in [0.15, 0.2) is 0 Å². The molecule has 13 heavy (non-hydrogen) atoms. The average Bonchev–Trinajstić information content (AvgIpc) is 2.19. The zero-order valence-electron chi connectivity index (χ0n) is 7.49. The molecule has 0 aliphatic carbocycles. The van der Waals surface area contributed by atoms with Gasteiger partial charge in [-0.05, 0) is 18.5 Å². The first-order chi connectivity index (χ1) is 6.43. The molecule has 2 nitrogen and oxygen atoms in total. The first kappa shape index (κ1) is 10.3. The zero-order valence-corrected chi connectivity index (χ0v) is 8.31. The molecule has 0 heterocycles. The molecule has 0 unspecified atom stereocenters. The lowest BCUT2D eigenvalue weighted by Crippen LogP contribution is -2.16. The van der Waals surface area contributed by atoms with Crippen LogP contribution in [0.2, 0.25) is 0 Å². The molecule has 0 atom stereocenters. The van der Waals surface area contributed by atoms with Crippen LogP contribution in [-0.2, 0) is 6.42 Å². The van der Waals surface area contributed by atoms with Crippen molar-refractivity contribution in [1.82, 2.24) is 5.32 Å². The van der Waals surface area contributed by atoms with Gasteiger partial charge in [-0.1, -0.05) is 42.1 Å². The second kappa shape index (κ2) is 6.69. The SMILES string of the molecule is N=CSCNCCc1ccccc1. The summed E-state index contributed by atoms with van der Waals surface area (Å²) < 4.78 is 0. The van der Waals surface area contributed by atoms with Crippen LogP contribution in [0.25, 0.3) is 0 Å². The van der Waals surface area contributed by atoms with Crippen molar-refractivity contribution in [3.63, 3.8) is 0 Å². The molecule has 1 rings (SSSR count). The van der Waals surface area contributed by atoms with Crippen molar-refractivity contribution < 1.29 is 0 Å². The predicted molar refractivity (Wildman–Crippen MR) is 59.4 cm³/mol. The van der Waals surface area contributed by atoms with Gasteiger partial charge in [0.05, 0.1) is 5.55 Å². The molecule has 2 N–H and O–H groups in total. The van der Waals surface area contributed by atoms with Gasteiger partial charge in [0.1, 0.15) is 0 Å². The Labute approximate surface area is 83.2 Å². The Balaban J connectivity index is 2.10. The quantitative estimate of drug-likeness (QED) is 0.315. The van der Waals surface area contributed by atoms with Crippen LogP contribution in [0.5, 0.6) is 0 Å². The van der Waals surface area contributed by atoms with Gasteiger partial charge in [-0.3, -0.25) is 0 Å². The smallest absolute Gasteiger partial charge is 0.0519 e. The second-order valence-electron chi connectivity index (χ2n) is 2.66. The van der Waals surface area contributed by atoms with Crippen LogP contribution in [0, 0.1) is 5.41 Å². The number of hydrogen-bond donors (Lipinski definition) is 2. The number of benzene rings is 1. The minimum absolute atomic E-state index is 0.830. The third-order valence-corrected chi connectivity index (χ3v) is 2.24. The van der Waals surface area contributed by atoms with Crippen LogP contribution in [0.1, 0.15) is 5.56 Å². The summed E-state index contributed by atoms with van der Waals surface area (Å²) in [6.45, 7) is 0.977. The number of thioether (sulfide) groups is 1. The van der Waals surface area contributed by atoms with Crippen molar-refractivity contribution in [2.24, 2.45) is 0 Å². The van der Waals surface area contributed by atoms with Crippen LogP contribution in [-0.4, -0.2) is 18.0 Å². The lowest BCUT2D eigenvalue weighted by Gasteiger charge is -2.01. The summed E-state index contributed by atoms with van der Waals surface area (Å²) in [5, 5.41) is 10.0. The molecular weight excluding hydrogens is 180 g/mol. The summed E-state index contributed by atoms with van der Waals surface area (Å²) in [5.74, 6) is 0.830. The molecule has 3 heteroatoms. The van der Waals surface area contributed by atoms with Crippen molar-refractivity contribution in [1.29, 1.82) is 5.41 Å². The van der Waals surface area contributed by atoms with Crippen molar-refractivity contribution in [2.75, 3.05) is 12.4 Å². The topological polar surface area (TPSA) is 35.9 Å². The van der Waals surface area contributed by atoms with Gasteiger partial charge in [0.2, 0.25) is 0 Å². The highest BCUT2D eigenvalue weighted by Crippen LogP contribution is 1.98. The average molecular weight is 194 g/mol. The summed E-state index contributed by atoms with van der Waals surface area (Å²) in [6.07, 6.45) is 1.05. The summed E-state index contributed by atoms with van der Waals surface area (Å²) in [6, 6.07) is 10.4. The minimum atomic E-state index is 0.830. The Morgan fingerprint density at radius 1 is 1.31 bits per heavy atom. The zero-order chi connectivity index (χ0) is 9.36. The van der Waals surface area contributed by atoms with E-state index in [0.717, 1.165) is 18.8 Å². The Morgan fingerprint density at radius 3 is 2.77 bits per heavy atom.